The molecular weight excluding hydrogens is 484 g/mol. The van der Waals surface area contributed by atoms with E-state index in [1.54, 1.807) is 6.92 Å². The fourth-order valence-electron chi connectivity index (χ4n) is 3.62. The van der Waals surface area contributed by atoms with Crippen molar-refractivity contribution in [2.24, 2.45) is 10.9 Å². The van der Waals surface area contributed by atoms with Crippen LogP contribution >= 0.6 is 24.0 Å². The molecule has 0 aliphatic carbocycles. The third kappa shape index (κ3) is 9.30. The van der Waals surface area contributed by atoms with Crippen molar-refractivity contribution in [3.8, 4) is 0 Å². The monoisotopic (exact) mass is 518 g/mol. The summed E-state index contributed by atoms with van der Waals surface area (Å²) >= 11 is 0. The predicted octanol–water partition coefficient (Wildman–Crippen LogP) is 3.51. The third-order valence-corrected chi connectivity index (χ3v) is 5.04. The quantitative estimate of drug-likeness (QED) is 0.231. The van der Waals surface area contributed by atoms with Gasteiger partial charge in [0.1, 0.15) is 0 Å². The Balaban J connectivity index is 0.00000392. The molecule has 0 radical (unpaired) electrons. The maximum atomic E-state index is 12.7. The number of guanidine groups is 1. The van der Waals surface area contributed by atoms with Gasteiger partial charge in [-0.1, -0.05) is 18.6 Å². The van der Waals surface area contributed by atoms with Crippen LogP contribution in [0.5, 0.6) is 0 Å². The first-order chi connectivity index (χ1) is 12.9. The minimum Gasteiger partial charge on any atom is -0.377 e. The standard InChI is InChI=1S/C19H33F3N4O.HI/c1-3-23-18(24-9-5-16-7-11-27-12-8-16)26-10-6-17(14-26)13-25(4-2)15-19(20,21)22;/h7,17H,3-6,8-15H2,1-2H3,(H,23,24);1H. The number of alkyl halides is 3. The van der Waals surface area contributed by atoms with Crippen molar-refractivity contribution >= 4 is 29.9 Å². The van der Waals surface area contributed by atoms with E-state index in [9.17, 15) is 13.2 Å². The molecule has 0 bridgehead atoms. The lowest BCUT2D eigenvalue weighted by molar-refractivity contribution is -0.146. The van der Waals surface area contributed by atoms with Crippen LogP contribution in [0, 0.1) is 5.92 Å². The molecule has 0 saturated carbocycles. The second-order valence-corrected chi connectivity index (χ2v) is 7.22. The Bertz CT molecular complexity index is 514. The molecule has 164 valence electrons. The number of hydrogen-bond acceptors (Lipinski definition) is 3. The SMILES string of the molecule is CCNC(=NCCC1=CCOCC1)N1CCC(CN(CC)CC(F)(F)F)C1.I. The van der Waals surface area contributed by atoms with Gasteiger partial charge in [0.2, 0.25) is 0 Å². The second kappa shape index (κ2) is 12.9. The van der Waals surface area contributed by atoms with Gasteiger partial charge in [0.25, 0.3) is 0 Å². The van der Waals surface area contributed by atoms with Crippen molar-refractivity contribution in [1.82, 2.24) is 15.1 Å². The highest BCUT2D eigenvalue weighted by Gasteiger charge is 2.33. The number of rotatable bonds is 8. The van der Waals surface area contributed by atoms with Crippen LogP contribution < -0.4 is 5.32 Å². The van der Waals surface area contributed by atoms with Crippen molar-refractivity contribution in [2.75, 3.05) is 59.0 Å². The van der Waals surface area contributed by atoms with Gasteiger partial charge in [-0.05, 0) is 38.6 Å². The summed E-state index contributed by atoms with van der Waals surface area (Å²) < 4.78 is 43.3. The molecule has 2 aliphatic rings. The third-order valence-electron chi connectivity index (χ3n) is 5.04. The molecule has 2 rings (SSSR count). The van der Waals surface area contributed by atoms with E-state index in [1.165, 1.54) is 10.5 Å². The molecule has 5 nitrogen and oxygen atoms in total. The zero-order chi connectivity index (χ0) is 19.7. The number of likely N-dealkylation sites (tertiary alicyclic amines) is 1. The summed E-state index contributed by atoms with van der Waals surface area (Å²) in [6.45, 7) is 8.49. The topological polar surface area (TPSA) is 40.1 Å². The average molecular weight is 518 g/mol. The lowest BCUT2D eigenvalue weighted by atomic mass is 10.1. The lowest BCUT2D eigenvalue weighted by Gasteiger charge is -2.26. The molecule has 0 amide bonds. The number of nitrogens with one attached hydrogen (secondary N) is 1. The van der Waals surface area contributed by atoms with Crippen molar-refractivity contribution in [2.45, 2.75) is 39.3 Å². The van der Waals surface area contributed by atoms with Crippen LogP contribution in [-0.4, -0.2) is 81.0 Å². The van der Waals surface area contributed by atoms with Crippen molar-refractivity contribution in [3.63, 3.8) is 0 Å². The van der Waals surface area contributed by atoms with E-state index in [2.05, 4.69) is 16.3 Å². The van der Waals surface area contributed by atoms with Gasteiger partial charge >= 0.3 is 6.18 Å². The number of halogens is 4. The molecule has 9 heteroatoms. The largest absolute Gasteiger partial charge is 0.401 e. The second-order valence-electron chi connectivity index (χ2n) is 7.22. The summed E-state index contributed by atoms with van der Waals surface area (Å²) in [4.78, 5) is 8.42. The predicted molar refractivity (Wildman–Crippen MR) is 117 cm³/mol. The van der Waals surface area contributed by atoms with Crippen LogP contribution in [-0.2, 0) is 4.74 Å². The molecule has 0 spiro atoms. The van der Waals surface area contributed by atoms with Gasteiger partial charge in [0.05, 0.1) is 19.8 Å². The Morgan fingerprint density at radius 2 is 2.18 bits per heavy atom. The molecule has 0 aromatic heterocycles. The first-order valence-electron chi connectivity index (χ1n) is 9.99. The Morgan fingerprint density at radius 1 is 1.39 bits per heavy atom. The summed E-state index contributed by atoms with van der Waals surface area (Å²) in [6, 6.07) is 0. The maximum absolute atomic E-state index is 12.7. The first-order valence-corrected chi connectivity index (χ1v) is 9.99. The van der Waals surface area contributed by atoms with Crippen molar-refractivity contribution < 1.29 is 17.9 Å². The Labute approximate surface area is 183 Å². The lowest BCUT2D eigenvalue weighted by Crippen LogP contribution is -2.42. The Hall–Kier alpha value is -0.550. The van der Waals surface area contributed by atoms with Crippen LogP contribution in [0.4, 0.5) is 13.2 Å². The molecular formula is C19H34F3IN4O. The average Bonchev–Trinajstić information content (AvgIpc) is 3.08. The molecule has 1 fully saturated rings. The summed E-state index contributed by atoms with van der Waals surface area (Å²) in [6.07, 6.45) is 0.817. The molecule has 28 heavy (non-hydrogen) atoms. The van der Waals surface area contributed by atoms with E-state index < -0.39 is 12.7 Å². The van der Waals surface area contributed by atoms with Gasteiger partial charge in [-0.15, -0.1) is 24.0 Å². The highest BCUT2D eigenvalue weighted by atomic mass is 127. The smallest absolute Gasteiger partial charge is 0.377 e. The molecule has 0 aromatic rings. The van der Waals surface area contributed by atoms with Crippen LogP contribution in [0.1, 0.15) is 33.1 Å². The van der Waals surface area contributed by atoms with E-state index in [4.69, 9.17) is 9.73 Å². The van der Waals surface area contributed by atoms with Crippen LogP contribution in [0.25, 0.3) is 0 Å². The van der Waals surface area contributed by atoms with Crippen LogP contribution in [0.15, 0.2) is 16.6 Å². The fraction of sp³-hybridized carbons (Fsp3) is 0.842. The number of nitrogens with zero attached hydrogens (tertiary/aromatic N) is 3. The van der Waals surface area contributed by atoms with E-state index in [-0.39, 0.29) is 29.9 Å². The van der Waals surface area contributed by atoms with Gasteiger partial charge < -0.3 is 15.0 Å². The normalized spacial score (nSPS) is 20.9. The Morgan fingerprint density at radius 3 is 2.79 bits per heavy atom. The molecule has 0 aromatic carbocycles. The minimum atomic E-state index is -4.14. The van der Waals surface area contributed by atoms with Crippen molar-refractivity contribution in [1.29, 1.82) is 0 Å². The number of aliphatic imine (C=N–C) groups is 1. The van der Waals surface area contributed by atoms with E-state index in [0.29, 0.717) is 19.7 Å². The number of ether oxygens (including phenoxy) is 1. The highest BCUT2D eigenvalue weighted by Crippen LogP contribution is 2.21. The van der Waals surface area contributed by atoms with Gasteiger partial charge in [-0.3, -0.25) is 9.89 Å². The fourth-order valence-corrected chi connectivity index (χ4v) is 3.62. The molecule has 1 saturated heterocycles. The van der Waals surface area contributed by atoms with Gasteiger partial charge in [0.15, 0.2) is 5.96 Å². The Kier molecular flexibility index (Phi) is 11.7. The zero-order valence-electron chi connectivity index (χ0n) is 16.9. The molecule has 2 heterocycles. The summed E-state index contributed by atoms with van der Waals surface area (Å²) in [5, 5.41) is 3.33. The molecule has 2 aliphatic heterocycles. The van der Waals surface area contributed by atoms with Gasteiger partial charge in [0, 0.05) is 32.7 Å². The minimum absolute atomic E-state index is 0. The zero-order valence-corrected chi connectivity index (χ0v) is 19.3. The molecule has 1 N–H and O–H groups in total. The van der Waals surface area contributed by atoms with Gasteiger partial charge in [-0.2, -0.15) is 13.2 Å². The molecule has 1 atom stereocenters. The number of hydrogen-bond donors (Lipinski definition) is 1. The summed E-state index contributed by atoms with van der Waals surface area (Å²) in [5.74, 6) is 1.13. The van der Waals surface area contributed by atoms with Crippen LogP contribution in [0.3, 0.4) is 0 Å². The first kappa shape index (κ1) is 25.5. The van der Waals surface area contributed by atoms with Crippen molar-refractivity contribution in [3.05, 3.63) is 11.6 Å². The summed E-state index contributed by atoms with van der Waals surface area (Å²) in [7, 11) is 0. The highest BCUT2D eigenvalue weighted by molar-refractivity contribution is 14.0. The van der Waals surface area contributed by atoms with Gasteiger partial charge in [-0.25, -0.2) is 0 Å². The van der Waals surface area contributed by atoms with Crippen LogP contribution in [0.2, 0.25) is 0 Å². The van der Waals surface area contributed by atoms with E-state index in [1.807, 2.05) is 6.92 Å². The molecule has 1 unspecified atom stereocenters. The van der Waals surface area contributed by atoms with E-state index in [0.717, 1.165) is 58.0 Å². The summed E-state index contributed by atoms with van der Waals surface area (Å²) in [5.41, 5.74) is 1.39. The van der Waals surface area contributed by atoms with E-state index >= 15 is 0 Å². The maximum Gasteiger partial charge on any atom is 0.401 e.